The molecule has 0 aromatic heterocycles. The van der Waals surface area contributed by atoms with Gasteiger partial charge in [0.25, 0.3) is 0 Å². The van der Waals surface area contributed by atoms with Gasteiger partial charge in [0, 0.05) is 32.2 Å². The summed E-state index contributed by atoms with van der Waals surface area (Å²) < 4.78 is 5.42. The Hall–Kier alpha value is -0.520. The fourth-order valence-electron chi connectivity index (χ4n) is 2.69. The number of rotatable bonds is 14. The first kappa shape index (κ1) is 19.5. The van der Waals surface area contributed by atoms with Gasteiger partial charge < -0.3 is 9.84 Å². The molecule has 1 fully saturated rings. The molecule has 1 rings (SSSR count). The van der Waals surface area contributed by atoms with E-state index in [9.17, 15) is 0 Å². The average Bonchev–Trinajstić information content (AvgIpc) is 2.48. The maximum Gasteiger partial charge on any atom is 0.0487 e. The van der Waals surface area contributed by atoms with Crippen molar-refractivity contribution < 1.29 is 9.84 Å². The Bertz CT molecular complexity index is 286. The quantitative estimate of drug-likeness (QED) is 0.358. The van der Waals surface area contributed by atoms with Gasteiger partial charge >= 0.3 is 0 Å². The van der Waals surface area contributed by atoms with Crippen molar-refractivity contribution in [2.75, 3.05) is 19.8 Å². The number of hydrogen-bond donors (Lipinski definition) is 1. The van der Waals surface area contributed by atoms with Gasteiger partial charge in [0.2, 0.25) is 0 Å². The van der Waals surface area contributed by atoms with Crippen LogP contribution >= 0.6 is 0 Å². The van der Waals surface area contributed by atoms with Crippen LogP contribution in [-0.2, 0) is 4.74 Å². The molecule has 22 heavy (non-hydrogen) atoms. The second-order valence-electron chi connectivity index (χ2n) is 6.57. The van der Waals surface area contributed by atoms with E-state index in [0.29, 0.717) is 6.61 Å². The molecule has 0 unspecified atom stereocenters. The van der Waals surface area contributed by atoms with Crippen LogP contribution in [0.15, 0.2) is 0 Å². The number of unbranched alkanes of at least 4 members (excludes halogenated alkanes) is 9. The molecule has 0 radical (unpaired) electrons. The van der Waals surface area contributed by atoms with Crippen molar-refractivity contribution in [1.82, 2.24) is 0 Å². The molecule has 0 aliphatic heterocycles. The Morgan fingerprint density at radius 3 is 1.95 bits per heavy atom. The monoisotopic (exact) mass is 308 g/mol. The Labute approximate surface area is 138 Å². The SMILES string of the molecule is OCCCOCCCCCCCCCCCC#CC1CCC1. The molecule has 1 aliphatic rings. The first-order valence-corrected chi connectivity index (χ1v) is 9.60. The first-order valence-electron chi connectivity index (χ1n) is 9.60. The zero-order chi connectivity index (χ0) is 15.7. The van der Waals surface area contributed by atoms with E-state index < -0.39 is 0 Å². The summed E-state index contributed by atoms with van der Waals surface area (Å²) in [5, 5.41) is 8.62. The van der Waals surface area contributed by atoms with Gasteiger partial charge in [0.05, 0.1) is 0 Å². The van der Waals surface area contributed by atoms with E-state index in [0.717, 1.165) is 25.4 Å². The third kappa shape index (κ3) is 12.1. The molecular weight excluding hydrogens is 272 g/mol. The molecule has 0 aromatic rings. The lowest BCUT2D eigenvalue weighted by Gasteiger charge is -2.18. The summed E-state index contributed by atoms with van der Waals surface area (Å²) in [6.45, 7) is 1.82. The molecule has 1 N–H and O–H groups in total. The van der Waals surface area contributed by atoms with Gasteiger partial charge in [-0.25, -0.2) is 0 Å². The van der Waals surface area contributed by atoms with Crippen molar-refractivity contribution in [3.8, 4) is 11.8 Å². The van der Waals surface area contributed by atoms with Gasteiger partial charge in [0.15, 0.2) is 0 Å². The van der Waals surface area contributed by atoms with Crippen molar-refractivity contribution in [2.24, 2.45) is 5.92 Å². The summed E-state index contributed by atoms with van der Waals surface area (Å²) >= 11 is 0. The van der Waals surface area contributed by atoms with Crippen LogP contribution in [0.2, 0.25) is 0 Å². The van der Waals surface area contributed by atoms with Crippen molar-refractivity contribution >= 4 is 0 Å². The van der Waals surface area contributed by atoms with Crippen molar-refractivity contribution in [3.63, 3.8) is 0 Å². The minimum atomic E-state index is 0.243. The predicted octanol–water partition coefficient (Wildman–Crippen LogP) is 5.09. The van der Waals surface area contributed by atoms with Gasteiger partial charge in [-0.05, 0) is 32.1 Å². The highest BCUT2D eigenvalue weighted by Gasteiger charge is 2.13. The molecule has 1 saturated carbocycles. The zero-order valence-corrected chi connectivity index (χ0v) is 14.5. The Balaban J connectivity index is 1.66. The second-order valence-corrected chi connectivity index (χ2v) is 6.57. The Morgan fingerprint density at radius 2 is 1.36 bits per heavy atom. The van der Waals surface area contributed by atoms with Crippen LogP contribution in [0.4, 0.5) is 0 Å². The van der Waals surface area contributed by atoms with Crippen LogP contribution in [0.1, 0.15) is 89.9 Å². The van der Waals surface area contributed by atoms with Gasteiger partial charge in [-0.3, -0.25) is 0 Å². The van der Waals surface area contributed by atoms with Crippen LogP contribution in [0.5, 0.6) is 0 Å². The van der Waals surface area contributed by atoms with E-state index in [1.807, 2.05) is 0 Å². The van der Waals surface area contributed by atoms with Gasteiger partial charge in [-0.1, -0.05) is 57.3 Å². The van der Waals surface area contributed by atoms with Crippen LogP contribution in [0.25, 0.3) is 0 Å². The van der Waals surface area contributed by atoms with Crippen LogP contribution < -0.4 is 0 Å². The van der Waals surface area contributed by atoms with Crippen molar-refractivity contribution in [1.29, 1.82) is 0 Å². The summed E-state index contributed by atoms with van der Waals surface area (Å²) in [6, 6.07) is 0. The lowest BCUT2D eigenvalue weighted by molar-refractivity contribution is 0.112. The molecule has 0 heterocycles. The molecule has 0 aromatic carbocycles. The summed E-state index contributed by atoms with van der Waals surface area (Å²) in [5.41, 5.74) is 0. The summed E-state index contributed by atoms with van der Waals surface area (Å²) in [7, 11) is 0. The summed E-state index contributed by atoms with van der Waals surface area (Å²) in [5.74, 6) is 7.50. The van der Waals surface area contributed by atoms with Crippen molar-refractivity contribution in [2.45, 2.75) is 89.9 Å². The minimum absolute atomic E-state index is 0.243. The third-order valence-corrected chi connectivity index (χ3v) is 4.45. The average molecular weight is 309 g/mol. The molecule has 0 saturated heterocycles. The minimum Gasteiger partial charge on any atom is -0.396 e. The number of aliphatic hydroxyl groups is 1. The first-order chi connectivity index (χ1) is 10.9. The van der Waals surface area contributed by atoms with Crippen LogP contribution in [0, 0.1) is 17.8 Å². The number of ether oxygens (including phenoxy) is 1. The van der Waals surface area contributed by atoms with Crippen LogP contribution in [-0.4, -0.2) is 24.9 Å². The molecule has 0 spiro atoms. The molecule has 0 atom stereocenters. The molecule has 128 valence electrons. The fraction of sp³-hybridized carbons (Fsp3) is 0.900. The highest BCUT2D eigenvalue weighted by molar-refractivity contribution is 5.06. The normalized spacial score (nSPS) is 14.4. The zero-order valence-electron chi connectivity index (χ0n) is 14.5. The molecule has 2 nitrogen and oxygen atoms in total. The Kier molecular flexibility index (Phi) is 13.6. The lowest BCUT2D eigenvalue weighted by atomic mass is 9.86. The molecular formula is C20H36O2. The second kappa shape index (κ2) is 15.4. The van der Waals surface area contributed by atoms with Gasteiger partial charge in [0.1, 0.15) is 0 Å². The number of hydrogen-bond acceptors (Lipinski definition) is 2. The van der Waals surface area contributed by atoms with E-state index in [-0.39, 0.29) is 6.61 Å². The third-order valence-electron chi connectivity index (χ3n) is 4.45. The summed E-state index contributed by atoms with van der Waals surface area (Å²) in [6.07, 6.45) is 18.0. The Morgan fingerprint density at radius 1 is 0.773 bits per heavy atom. The van der Waals surface area contributed by atoms with Gasteiger partial charge in [-0.15, -0.1) is 5.92 Å². The maximum atomic E-state index is 8.62. The van der Waals surface area contributed by atoms with E-state index in [4.69, 9.17) is 9.84 Å². The van der Waals surface area contributed by atoms with E-state index in [2.05, 4.69) is 11.8 Å². The highest BCUT2D eigenvalue weighted by atomic mass is 16.5. The largest absolute Gasteiger partial charge is 0.396 e. The predicted molar refractivity (Wildman–Crippen MR) is 93.8 cm³/mol. The highest BCUT2D eigenvalue weighted by Crippen LogP contribution is 2.25. The van der Waals surface area contributed by atoms with E-state index in [1.54, 1.807) is 0 Å². The number of aliphatic hydroxyl groups excluding tert-OH is 1. The smallest absolute Gasteiger partial charge is 0.0487 e. The molecule has 2 heteroatoms. The molecule has 1 aliphatic carbocycles. The lowest BCUT2D eigenvalue weighted by Crippen LogP contribution is -2.07. The van der Waals surface area contributed by atoms with E-state index >= 15 is 0 Å². The van der Waals surface area contributed by atoms with Gasteiger partial charge in [-0.2, -0.15) is 0 Å². The van der Waals surface area contributed by atoms with Crippen molar-refractivity contribution in [3.05, 3.63) is 0 Å². The maximum absolute atomic E-state index is 8.62. The summed E-state index contributed by atoms with van der Waals surface area (Å²) in [4.78, 5) is 0. The fourth-order valence-corrected chi connectivity index (χ4v) is 2.69. The molecule has 0 amide bonds. The van der Waals surface area contributed by atoms with E-state index in [1.165, 1.54) is 77.0 Å². The topological polar surface area (TPSA) is 29.5 Å². The van der Waals surface area contributed by atoms with Crippen LogP contribution in [0.3, 0.4) is 0 Å². The molecule has 0 bridgehead atoms. The standard InChI is InChI=1S/C20H36O2/c21-17-13-19-22-18-11-9-7-5-3-1-2-4-6-8-10-14-20-15-12-16-20/h20-21H,1-9,11-13,15-19H2.